The Bertz CT molecular complexity index is 411. The van der Waals surface area contributed by atoms with Crippen LogP contribution in [0.25, 0.3) is 0 Å². The maximum absolute atomic E-state index is 5.95. The van der Waals surface area contributed by atoms with E-state index in [1.54, 1.807) is 0 Å². The summed E-state index contributed by atoms with van der Waals surface area (Å²) in [4.78, 5) is 6.76. The molecule has 1 aliphatic rings. The highest BCUT2D eigenvalue weighted by molar-refractivity contribution is 4.97. The molecule has 108 valence electrons. The van der Waals surface area contributed by atoms with E-state index in [9.17, 15) is 0 Å². The van der Waals surface area contributed by atoms with Crippen LogP contribution in [-0.4, -0.2) is 46.3 Å². The van der Waals surface area contributed by atoms with Crippen molar-refractivity contribution in [2.75, 3.05) is 19.7 Å². The number of hydrogen-bond acceptors (Lipinski definition) is 6. The van der Waals surface area contributed by atoms with Gasteiger partial charge in [0.25, 0.3) is 0 Å². The number of nitrogens with zero attached hydrogens (tertiary/aromatic N) is 3. The van der Waals surface area contributed by atoms with Gasteiger partial charge in [-0.2, -0.15) is 4.98 Å². The second kappa shape index (κ2) is 5.56. The lowest BCUT2D eigenvalue weighted by Gasteiger charge is -2.34. The Balaban J connectivity index is 2.02. The summed E-state index contributed by atoms with van der Waals surface area (Å²) >= 11 is 0. The first-order valence-electron chi connectivity index (χ1n) is 6.82. The van der Waals surface area contributed by atoms with E-state index in [0.29, 0.717) is 30.8 Å². The average molecular weight is 268 g/mol. The molecule has 0 radical (unpaired) electrons. The molecular weight excluding hydrogens is 244 g/mol. The smallest absolute Gasteiger partial charge is 0.228 e. The maximum atomic E-state index is 5.95. The normalized spacial score (nSPS) is 22.1. The zero-order valence-corrected chi connectivity index (χ0v) is 12.2. The molecule has 2 heterocycles. The van der Waals surface area contributed by atoms with Gasteiger partial charge in [0.2, 0.25) is 11.7 Å². The summed E-state index contributed by atoms with van der Waals surface area (Å²) in [5, 5.41) is 4.02. The number of rotatable bonds is 4. The van der Waals surface area contributed by atoms with Crippen LogP contribution >= 0.6 is 0 Å². The molecule has 1 atom stereocenters. The lowest BCUT2D eigenvalue weighted by Crippen LogP contribution is -2.42. The minimum Gasteiger partial charge on any atom is -0.367 e. The molecular formula is C13H24N4O2. The van der Waals surface area contributed by atoms with Gasteiger partial charge in [0.15, 0.2) is 0 Å². The van der Waals surface area contributed by atoms with Gasteiger partial charge in [-0.05, 0) is 27.7 Å². The lowest BCUT2D eigenvalue weighted by molar-refractivity contribution is -0.0450. The van der Waals surface area contributed by atoms with Gasteiger partial charge in [0.05, 0.1) is 6.61 Å². The van der Waals surface area contributed by atoms with Crippen molar-refractivity contribution in [2.45, 2.75) is 51.8 Å². The van der Waals surface area contributed by atoms with Gasteiger partial charge in [0, 0.05) is 31.1 Å². The number of morpholine rings is 1. The van der Waals surface area contributed by atoms with E-state index in [1.165, 1.54) is 0 Å². The fraction of sp³-hybridized carbons (Fsp3) is 0.846. The van der Waals surface area contributed by atoms with Gasteiger partial charge < -0.3 is 15.0 Å². The minimum atomic E-state index is -0.346. The van der Waals surface area contributed by atoms with Crippen LogP contribution in [0.15, 0.2) is 4.52 Å². The first kappa shape index (κ1) is 14.4. The third-order valence-corrected chi connectivity index (χ3v) is 3.21. The van der Waals surface area contributed by atoms with Crippen molar-refractivity contribution in [3.05, 3.63) is 11.7 Å². The molecule has 1 saturated heterocycles. The molecule has 6 heteroatoms. The first-order chi connectivity index (χ1) is 8.85. The maximum Gasteiger partial charge on any atom is 0.228 e. The van der Waals surface area contributed by atoms with Gasteiger partial charge in [-0.1, -0.05) is 5.16 Å². The Morgan fingerprint density at radius 3 is 2.84 bits per heavy atom. The molecule has 1 fully saturated rings. The summed E-state index contributed by atoms with van der Waals surface area (Å²) in [7, 11) is 0. The molecule has 1 unspecified atom stereocenters. The predicted octanol–water partition coefficient (Wildman–Crippen LogP) is 1.13. The summed E-state index contributed by atoms with van der Waals surface area (Å²) in [6.07, 6.45) is 0.468. The van der Waals surface area contributed by atoms with Crippen LogP contribution in [0.2, 0.25) is 0 Å². The Labute approximate surface area is 114 Å². The van der Waals surface area contributed by atoms with Gasteiger partial charge in [-0.15, -0.1) is 0 Å². The van der Waals surface area contributed by atoms with Crippen molar-refractivity contribution in [1.29, 1.82) is 0 Å². The highest BCUT2D eigenvalue weighted by atomic mass is 16.5. The fourth-order valence-electron chi connectivity index (χ4n) is 2.15. The quantitative estimate of drug-likeness (QED) is 0.882. The number of aromatic nitrogens is 2. The van der Waals surface area contributed by atoms with E-state index in [2.05, 4.69) is 28.9 Å². The van der Waals surface area contributed by atoms with Crippen LogP contribution in [0.4, 0.5) is 0 Å². The lowest BCUT2D eigenvalue weighted by atomic mass is 10.0. The summed E-state index contributed by atoms with van der Waals surface area (Å²) in [5.41, 5.74) is 5.60. The molecule has 0 bridgehead atoms. The summed E-state index contributed by atoms with van der Waals surface area (Å²) in [6.45, 7) is 10.7. The van der Waals surface area contributed by atoms with E-state index >= 15 is 0 Å². The Morgan fingerprint density at radius 2 is 2.21 bits per heavy atom. The molecule has 2 rings (SSSR count). The molecule has 0 aromatic carbocycles. The molecule has 6 nitrogen and oxygen atoms in total. The highest BCUT2D eigenvalue weighted by Crippen LogP contribution is 2.21. The van der Waals surface area contributed by atoms with Crippen molar-refractivity contribution >= 4 is 0 Å². The fourth-order valence-corrected chi connectivity index (χ4v) is 2.15. The van der Waals surface area contributed by atoms with Crippen LogP contribution < -0.4 is 5.73 Å². The molecule has 2 N–H and O–H groups in total. The SMILES string of the molecule is CC(C)N1CCOC(c2noc(CC(C)(C)N)n2)C1. The Kier molecular flexibility index (Phi) is 4.23. The molecule has 1 aliphatic heterocycles. The molecule has 0 spiro atoms. The average Bonchev–Trinajstić information content (AvgIpc) is 2.75. The molecule has 0 aliphatic carbocycles. The van der Waals surface area contributed by atoms with E-state index in [-0.39, 0.29) is 11.6 Å². The standard InChI is InChI=1S/C13H24N4O2/c1-9(2)17-5-6-18-10(8-17)12-15-11(19-16-12)7-13(3,4)14/h9-10H,5-8,14H2,1-4H3. The van der Waals surface area contributed by atoms with Crippen LogP contribution in [-0.2, 0) is 11.2 Å². The second-order valence-corrected chi connectivity index (χ2v) is 6.16. The zero-order valence-electron chi connectivity index (χ0n) is 12.2. The summed E-state index contributed by atoms with van der Waals surface area (Å²) in [5.74, 6) is 1.21. The van der Waals surface area contributed by atoms with Gasteiger partial charge in [-0.3, -0.25) is 4.90 Å². The van der Waals surface area contributed by atoms with Crippen molar-refractivity contribution < 1.29 is 9.26 Å². The van der Waals surface area contributed by atoms with Crippen LogP contribution in [0.5, 0.6) is 0 Å². The molecule has 0 saturated carbocycles. The third kappa shape index (κ3) is 3.99. The van der Waals surface area contributed by atoms with Gasteiger partial charge in [0.1, 0.15) is 6.10 Å². The van der Waals surface area contributed by atoms with Gasteiger partial charge >= 0.3 is 0 Å². The van der Waals surface area contributed by atoms with E-state index in [1.807, 2.05) is 13.8 Å². The number of ether oxygens (including phenoxy) is 1. The number of nitrogens with two attached hydrogens (primary N) is 1. The molecule has 0 amide bonds. The van der Waals surface area contributed by atoms with E-state index in [4.69, 9.17) is 15.0 Å². The molecule has 1 aromatic heterocycles. The zero-order chi connectivity index (χ0) is 14.0. The Morgan fingerprint density at radius 1 is 1.47 bits per heavy atom. The largest absolute Gasteiger partial charge is 0.367 e. The van der Waals surface area contributed by atoms with Crippen LogP contribution in [0.1, 0.15) is 45.5 Å². The van der Waals surface area contributed by atoms with Crippen molar-refractivity contribution in [2.24, 2.45) is 5.73 Å². The first-order valence-corrected chi connectivity index (χ1v) is 6.82. The predicted molar refractivity (Wildman–Crippen MR) is 71.7 cm³/mol. The molecule has 1 aromatic rings. The second-order valence-electron chi connectivity index (χ2n) is 6.16. The monoisotopic (exact) mass is 268 g/mol. The highest BCUT2D eigenvalue weighted by Gasteiger charge is 2.28. The number of hydrogen-bond donors (Lipinski definition) is 1. The van der Waals surface area contributed by atoms with Crippen molar-refractivity contribution in [3.8, 4) is 0 Å². The third-order valence-electron chi connectivity index (χ3n) is 3.21. The minimum absolute atomic E-state index is 0.102. The van der Waals surface area contributed by atoms with E-state index < -0.39 is 0 Å². The Hall–Kier alpha value is -0.980. The summed E-state index contributed by atoms with van der Waals surface area (Å²) in [6, 6.07) is 0.501. The van der Waals surface area contributed by atoms with Crippen molar-refractivity contribution in [1.82, 2.24) is 15.0 Å². The summed E-state index contributed by atoms with van der Waals surface area (Å²) < 4.78 is 11.0. The van der Waals surface area contributed by atoms with Crippen LogP contribution in [0.3, 0.4) is 0 Å². The van der Waals surface area contributed by atoms with E-state index in [0.717, 1.165) is 13.1 Å². The van der Waals surface area contributed by atoms with Crippen LogP contribution in [0, 0.1) is 0 Å². The topological polar surface area (TPSA) is 77.4 Å². The van der Waals surface area contributed by atoms with Gasteiger partial charge in [-0.25, -0.2) is 0 Å². The molecule has 19 heavy (non-hydrogen) atoms. The van der Waals surface area contributed by atoms with Crippen molar-refractivity contribution in [3.63, 3.8) is 0 Å².